The Balaban J connectivity index is 2.15. The number of rotatable bonds is 5. The van der Waals surface area contributed by atoms with Crippen molar-refractivity contribution in [3.05, 3.63) is 59.4 Å². The Hall–Kier alpha value is -2.56. The molecule has 0 bridgehead atoms. The fourth-order valence-corrected chi connectivity index (χ4v) is 1.72. The molecule has 0 aliphatic rings. The highest BCUT2D eigenvalue weighted by atomic mass is 19.1. The molecule has 5 heteroatoms. The second-order valence-corrected chi connectivity index (χ2v) is 4.06. The third-order valence-electron chi connectivity index (χ3n) is 2.73. The molecular weight excluding hydrogens is 263 g/mol. The summed E-state index contributed by atoms with van der Waals surface area (Å²) < 4.78 is 23.7. The molecule has 104 valence electrons. The molecule has 0 atom stereocenters. The zero-order valence-electron chi connectivity index (χ0n) is 10.8. The fourth-order valence-electron chi connectivity index (χ4n) is 1.72. The number of para-hydroxylation sites is 1. The summed E-state index contributed by atoms with van der Waals surface area (Å²) in [6, 6.07) is 10.7. The van der Waals surface area contributed by atoms with E-state index >= 15 is 0 Å². The summed E-state index contributed by atoms with van der Waals surface area (Å²) >= 11 is 0. The van der Waals surface area contributed by atoms with Gasteiger partial charge in [-0.3, -0.25) is 0 Å². The molecule has 0 radical (unpaired) electrons. The Morgan fingerprint density at radius 1 is 1.20 bits per heavy atom. The van der Waals surface area contributed by atoms with Crippen LogP contribution in [0.2, 0.25) is 0 Å². The van der Waals surface area contributed by atoms with Crippen LogP contribution in [0.3, 0.4) is 0 Å². The number of aromatic carboxylic acids is 1. The lowest BCUT2D eigenvalue weighted by Gasteiger charge is -2.10. The molecule has 0 saturated carbocycles. The van der Waals surface area contributed by atoms with E-state index < -0.39 is 11.8 Å². The number of methoxy groups -OCH3 is 1. The molecule has 0 aliphatic heterocycles. The van der Waals surface area contributed by atoms with Crippen LogP contribution in [0, 0.1) is 5.82 Å². The van der Waals surface area contributed by atoms with Crippen LogP contribution in [0.25, 0.3) is 0 Å². The van der Waals surface area contributed by atoms with Crippen molar-refractivity contribution in [2.45, 2.75) is 6.61 Å². The van der Waals surface area contributed by atoms with Crippen LogP contribution in [-0.2, 0) is 6.61 Å². The number of ether oxygens (including phenoxy) is 2. The molecule has 20 heavy (non-hydrogen) atoms. The Morgan fingerprint density at radius 2 is 1.95 bits per heavy atom. The number of hydrogen-bond acceptors (Lipinski definition) is 3. The van der Waals surface area contributed by atoms with E-state index in [-0.39, 0.29) is 23.7 Å². The van der Waals surface area contributed by atoms with Crippen LogP contribution in [0.15, 0.2) is 42.5 Å². The van der Waals surface area contributed by atoms with Gasteiger partial charge in [0.1, 0.15) is 17.9 Å². The first-order valence-electron chi connectivity index (χ1n) is 5.89. The van der Waals surface area contributed by atoms with Gasteiger partial charge in [0.05, 0.1) is 7.11 Å². The van der Waals surface area contributed by atoms with Crippen molar-refractivity contribution in [2.24, 2.45) is 0 Å². The van der Waals surface area contributed by atoms with Gasteiger partial charge < -0.3 is 14.6 Å². The normalized spacial score (nSPS) is 10.1. The molecule has 0 fully saturated rings. The van der Waals surface area contributed by atoms with E-state index in [1.165, 1.54) is 25.3 Å². The summed E-state index contributed by atoms with van der Waals surface area (Å²) in [5, 5.41) is 8.97. The Morgan fingerprint density at radius 3 is 2.60 bits per heavy atom. The van der Waals surface area contributed by atoms with Crippen molar-refractivity contribution in [2.75, 3.05) is 7.11 Å². The van der Waals surface area contributed by atoms with E-state index in [4.69, 9.17) is 14.6 Å². The first-order valence-corrected chi connectivity index (χ1v) is 5.89. The second kappa shape index (κ2) is 6.06. The molecule has 0 amide bonds. The van der Waals surface area contributed by atoms with Crippen molar-refractivity contribution in [3.63, 3.8) is 0 Å². The number of carboxylic acid groups (broad SMARTS) is 1. The van der Waals surface area contributed by atoms with Gasteiger partial charge in [-0.1, -0.05) is 18.2 Å². The summed E-state index contributed by atoms with van der Waals surface area (Å²) in [5.74, 6) is -1.12. The van der Waals surface area contributed by atoms with Crippen molar-refractivity contribution in [1.29, 1.82) is 0 Å². The summed E-state index contributed by atoms with van der Waals surface area (Å²) in [4.78, 5) is 11.0. The number of hydrogen-bond donors (Lipinski definition) is 1. The van der Waals surface area contributed by atoms with E-state index in [9.17, 15) is 9.18 Å². The first kappa shape index (κ1) is 13.9. The predicted octanol–water partition coefficient (Wildman–Crippen LogP) is 3.11. The average Bonchev–Trinajstić information content (AvgIpc) is 2.46. The van der Waals surface area contributed by atoms with E-state index in [2.05, 4.69) is 0 Å². The van der Waals surface area contributed by atoms with Gasteiger partial charge in [-0.25, -0.2) is 9.18 Å². The molecule has 0 aliphatic carbocycles. The molecule has 0 heterocycles. The molecule has 0 saturated heterocycles. The number of carbonyl (C=O) groups is 1. The lowest BCUT2D eigenvalue weighted by atomic mass is 10.1. The largest absolute Gasteiger partial charge is 0.496 e. The van der Waals surface area contributed by atoms with Gasteiger partial charge in [-0.15, -0.1) is 0 Å². The van der Waals surface area contributed by atoms with Crippen LogP contribution < -0.4 is 9.47 Å². The number of benzene rings is 2. The highest BCUT2D eigenvalue weighted by Gasteiger charge is 2.11. The van der Waals surface area contributed by atoms with Crippen molar-refractivity contribution in [1.82, 2.24) is 0 Å². The molecule has 2 aromatic carbocycles. The molecule has 2 rings (SSSR count). The minimum atomic E-state index is -1.07. The Kier molecular flexibility index (Phi) is 4.20. The maximum atomic E-state index is 13.4. The maximum Gasteiger partial charge on any atom is 0.339 e. The highest BCUT2D eigenvalue weighted by molar-refractivity contribution is 5.90. The Labute approximate surface area is 115 Å². The highest BCUT2D eigenvalue weighted by Crippen LogP contribution is 2.22. The van der Waals surface area contributed by atoms with E-state index in [1.54, 1.807) is 24.3 Å². The minimum absolute atomic E-state index is 0.0714. The molecule has 4 nitrogen and oxygen atoms in total. The third kappa shape index (κ3) is 3.06. The monoisotopic (exact) mass is 276 g/mol. The molecule has 1 N–H and O–H groups in total. The topological polar surface area (TPSA) is 55.8 Å². The summed E-state index contributed by atoms with van der Waals surface area (Å²) in [7, 11) is 1.39. The second-order valence-electron chi connectivity index (χ2n) is 4.06. The van der Waals surface area contributed by atoms with Crippen LogP contribution in [0.5, 0.6) is 11.5 Å². The fraction of sp³-hybridized carbons (Fsp3) is 0.133. The van der Waals surface area contributed by atoms with Crippen LogP contribution >= 0.6 is 0 Å². The standard InChI is InChI=1S/C15H13FO4/c1-19-14-8-10(6-7-11(14)15(17)18)9-20-13-5-3-2-4-12(13)16/h2-8H,9H2,1H3,(H,17,18). The third-order valence-corrected chi connectivity index (χ3v) is 2.73. The van der Waals surface area contributed by atoms with Gasteiger partial charge in [-0.2, -0.15) is 0 Å². The van der Waals surface area contributed by atoms with Crippen LogP contribution in [0.4, 0.5) is 4.39 Å². The van der Waals surface area contributed by atoms with Gasteiger partial charge >= 0.3 is 5.97 Å². The molecule has 2 aromatic rings. The molecule has 0 unspecified atom stereocenters. The zero-order chi connectivity index (χ0) is 14.5. The molecular formula is C15H13FO4. The number of halogens is 1. The smallest absolute Gasteiger partial charge is 0.339 e. The van der Waals surface area contributed by atoms with Crippen molar-refractivity contribution < 1.29 is 23.8 Å². The summed E-state index contributed by atoms with van der Waals surface area (Å²) in [6.07, 6.45) is 0. The van der Waals surface area contributed by atoms with Gasteiger partial charge in [0.2, 0.25) is 0 Å². The zero-order valence-corrected chi connectivity index (χ0v) is 10.8. The van der Waals surface area contributed by atoms with Crippen LogP contribution in [-0.4, -0.2) is 18.2 Å². The van der Waals surface area contributed by atoms with E-state index in [1.807, 2.05) is 0 Å². The number of carboxylic acids is 1. The molecule has 0 aromatic heterocycles. The SMILES string of the molecule is COc1cc(COc2ccccc2F)ccc1C(=O)O. The van der Waals surface area contributed by atoms with E-state index in [0.29, 0.717) is 5.56 Å². The lowest BCUT2D eigenvalue weighted by Crippen LogP contribution is -2.03. The van der Waals surface area contributed by atoms with Crippen molar-refractivity contribution >= 4 is 5.97 Å². The summed E-state index contributed by atoms with van der Waals surface area (Å²) in [6.45, 7) is 0.122. The predicted molar refractivity (Wildman–Crippen MR) is 70.7 cm³/mol. The van der Waals surface area contributed by atoms with Crippen molar-refractivity contribution in [3.8, 4) is 11.5 Å². The van der Waals surface area contributed by atoms with E-state index in [0.717, 1.165) is 0 Å². The maximum absolute atomic E-state index is 13.4. The van der Waals surface area contributed by atoms with Gasteiger partial charge in [0.15, 0.2) is 11.6 Å². The quantitative estimate of drug-likeness (QED) is 0.911. The Bertz CT molecular complexity index is 625. The van der Waals surface area contributed by atoms with Gasteiger partial charge in [-0.05, 0) is 29.8 Å². The minimum Gasteiger partial charge on any atom is -0.496 e. The average molecular weight is 276 g/mol. The first-order chi connectivity index (χ1) is 9.61. The lowest BCUT2D eigenvalue weighted by molar-refractivity contribution is 0.0693. The molecule has 0 spiro atoms. The van der Waals surface area contributed by atoms with Gasteiger partial charge in [0, 0.05) is 0 Å². The summed E-state index contributed by atoms with van der Waals surface area (Å²) in [5.41, 5.74) is 0.761. The van der Waals surface area contributed by atoms with Crippen LogP contribution in [0.1, 0.15) is 15.9 Å². The van der Waals surface area contributed by atoms with Gasteiger partial charge in [0.25, 0.3) is 0 Å².